The Balaban J connectivity index is 1.98. The van der Waals surface area contributed by atoms with Crippen molar-refractivity contribution in [3.05, 3.63) is 42.0 Å². The summed E-state index contributed by atoms with van der Waals surface area (Å²) in [5.74, 6) is -0.0681. The van der Waals surface area contributed by atoms with Gasteiger partial charge in [-0.25, -0.2) is 0 Å². The highest BCUT2D eigenvalue weighted by Crippen LogP contribution is 2.02. The summed E-state index contributed by atoms with van der Waals surface area (Å²) in [5, 5.41) is 9.44. The van der Waals surface area contributed by atoms with E-state index in [-0.39, 0.29) is 5.91 Å². The predicted octanol–water partition coefficient (Wildman–Crippen LogP) is 1.16. The molecule has 0 fully saturated rings. The van der Waals surface area contributed by atoms with Crippen LogP contribution < -0.4 is 5.32 Å². The third kappa shape index (κ3) is 2.13. The van der Waals surface area contributed by atoms with Crippen molar-refractivity contribution in [1.29, 1.82) is 0 Å². The van der Waals surface area contributed by atoms with Crippen LogP contribution >= 0.6 is 0 Å². The molecule has 84 valence electrons. The molecular formula is C11H14N4O. The number of aryl methyl sites for hydroxylation is 1. The van der Waals surface area contributed by atoms with Crippen LogP contribution in [-0.4, -0.2) is 20.7 Å². The third-order valence-electron chi connectivity index (χ3n) is 2.40. The van der Waals surface area contributed by atoms with E-state index < -0.39 is 0 Å². The highest BCUT2D eigenvalue weighted by atomic mass is 16.1. The molecular weight excluding hydrogens is 204 g/mol. The van der Waals surface area contributed by atoms with Crippen LogP contribution in [0.1, 0.15) is 23.1 Å². The van der Waals surface area contributed by atoms with E-state index in [1.54, 1.807) is 6.20 Å². The monoisotopic (exact) mass is 218 g/mol. The maximum absolute atomic E-state index is 11.8. The van der Waals surface area contributed by atoms with Crippen molar-refractivity contribution in [2.75, 3.05) is 0 Å². The van der Waals surface area contributed by atoms with Gasteiger partial charge in [0, 0.05) is 18.9 Å². The van der Waals surface area contributed by atoms with Crippen molar-refractivity contribution in [2.45, 2.75) is 20.0 Å². The van der Waals surface area contributed by atoms with E-state index in [0.717, 1.165) is 12.2 Å². The zero-order chi connectivity index (χ0) is 11.4. The Kier molecular flexibility index (Phi) is 3.05. The summed E-state index contributed by atoms with van der Waals surface area (Å²) in [6, 6.07) is 5.51. The topological polar surface area (TPSA) is 62.7 Å². The van der Waals surface area contributed by atoms with Gasteiger partial charge in [0.1, 0.15) is 5.69 Å². The fourth-order valence-electron chi connectivity index (χ4n) is 1.55. The summed E-state index contributed by atoms with van der Waals surface area (Å²) in [6.45, 7) is 3.26. The molecule has 0 aliphatic carbocycles. The smallest absolute Gasteiger partial charge is 0.268 e. The minimum absolute atomic E-state index is 0.0681. The number of nitrogens with one attached hydrogen (secondary N) is 2. The van der Waals surface area contributed by atoms with E-state index in [1.165, 1.54) is 0 Å². The molecule has 0 spiro atoms. The minimum Gasteiger partial charge on any atom is -0.345 e. The lowest BCUT2D eigenvalue weighted by atomic mass is 10.3. The van der Waals surface area contributed by atoms with Gasteiger partial charge in [0.25, 0.3) is 5.91 Å². The van der Waals surface area contributed by atoms with Gasteiger partial charge in [0.2, 0.25) is 0 Å². The largest absolute Gasteiger partial charge is 0.345 e. The SMILES string of the molecule is CCn1cccc1C(=O)NCc1ccn[nH]1. The summed E-state index contributed by atoms with van der Waals surface area (Å²) in [4.78, 5) is 11.8. The van der Waals surface area contributed by atoms with E-state index in [4.69, 9.17) is 0 Å². The third-order valence-corrected chi connectivity index (χ3v) is 2.40. The van der Waals surface area contributed by atoms with Crippen LogP contribution in [0.3, 0.4) is 0 Å². The van der Waals surface area contributed by atoms with Crippen LogP contribution in [0.25, 0.3) is 0 Å². The molecule has 5 heteroatoms. The number of rotatable bonds is 4. The molecule has 0 aliphatic rings. The van der Waals surface area contributed by atoms with Crippen LogP contribution in [0, 0.1) is 0 Å². The van der Waals surface area contributed by atoms with Crippen molar-refractivity contribution >= 4 is 5.91 Å². The summed E-state index contributed by atoms with van der Waals surface area (Å²) in [5.41, 5.74) is 1.57. The average molecular weight is 218 g/mol. The molecule has 1 amide bonds. The van der Waals surface area contributed by atoms with Crippen LogP contribution in [0.15, 0.2) is 30.6 Å². The van der Waals surface area contributed by atoms with Gasteiger partial charge >= 0.3 is 0 Å². The number of nitrogens with zero attached hydrogens (tertiary/aromatic N) is 2. The molecule has 2 aromatic heterocycles. The molecule has 0 radical (unpaired) electrons. The molecule has 0 bridgehead atoms. The van der Waals surface area contributed by atoms with Crippen LogP contribution in [0.2, 0.25) is 0 Å². The van der Waals surface area contributed by atoms with Crippen LogP contribution in [-0.2, 0) is 13.1 Å². The molecule has 0 aliphatic heterocycles. The molecule has 0 atom stereocenters. The van der Waals surface area contributed by atoms with Gasteiger partial charge in [-0.2, -0.15) is 5.10 Å². The Bertz CT molecular complexity index is 458. The molecule has 2 N–H and O–H groups in total. The first-order chi connectivity index (χ1) is 7.81. The second kappa shape index (κ2) is 4.65. The second-order valence-electron chi connectivity index (χ2n) is 3.44. The van der Waals surface area contributed by atoms with Crippen molar-refractivity contribution in [3.63, 3.8) is 0 Å². The highest BCUT2D eigenvalue weighted by Gasteiger charge is 2.09. The number of carbonyl (C=O) groups excluding carboxylic acids is 1. The van der Waals surface area contributed by atoms with Gasteiger partial charge in [0.15, 0.2) is 0 Å². The lowest BCUT2D eigenvalue weighted by molar-refractivity contribution is 0.0941. The fraction of sp³-hybridized carbons (Fsp3) is 0.273. The van der Waals surface area contributed by atoms with Crippen LogP contribution in [0.4, 0.5) is 0 Å². The van der Waals surface area contributed by atoms with Gasteiger partial charge in [-0.05, 0) is 25.1 Å². The Morgan fingerprint density at radius 3 is 3.12 bits per heavy atom. The quantitative estimate of drug-likeness (QED) is 0.809. The highest BCUT2D eigenvalue weighted by molar-refractivity contribution is 5.92. The Morgan fingerprint density at radius 2 is 2.44 bits per heavy atom. The number of aromatic nitrogens is 3. The lowest BCUT2D eigenvalue weighted by Gasteiger charge is -2.06. The number of aromatic amines is 1. The molecule has 0 aromatic carbocycles. The number of carbonyl (C=O) groups is 1. The van der Waals surface area contributed by atoms with Gasteiger partial charge < -0.3 is 9.88 Å². The van der Waals surface area contributed by atoms with Gasteiger partial charge in [-0.15, -0.1) is 0 Å². The zero-order valence-corrected chi connectivity index (χ0v) is 9.10. The van der Waals surface area contributed by atoms with Gasteiger partial charge in [0.05, 0.1) is 12.2 Å². The first-order valence-electron chi connectivity index (χ1n) is 5.23. The van der Waals surface area contributed by atoms with E-state index in [2.05, 4.69) is 15.5 Å². The standard InChI is InChI=1S/C11H14N4O/c1-2-15-7-3-4-10(15)11(16)12-8-9-5-6-13-14-9/h3-7H,2,8H2,1H3,(H,12,16)(H,13,14). The first kappa shape index (κ1) is 10.5. The van der Waals surface area contributed by atoms with E-state index in [1.807, 2.05) is 35.9 Å². The molecule has 0 saturated heterocycles. The van der Waals surface area contributed by atoms with Crippen molar-refractivity contribution in [2.24, 2.45) is 0 Å². The Morgan fingerprint density at radius 1 is 1.56 bits per heavy atom. The fourth-order valence-corrected chi connectivity index (χ4v) is 1.55. The van der Waals surface area contributed by atoms with Gasteiger partial charge in [-0.3, -0.25) is 9.89 Å². The lowest BCUT2D eigenvalue weighted by Crippen LogP contribution is -2.25. The molecule has 2 rings (SSSR count). The summed E-state index contributed by atoms with van der Waals surface area (Å²) >= 11 is 0. The second-order valence-corrected chi connectivity index (χ2v) is 3.44. The summed E-state index contributed by atoms with van der Waals surface area (Å²) in [6.07, 6.45) is 3.56. The normalized spacial score (nSPS) is 10.3. The Hall–Kier alpha value is -2.04. The summed E-state index contributed by atoms with van der Waals surface area (Å²) < 4.78 is 1.91. The maximum atomic E-state index is 11.8. The molecule has 2 aromatic rings. The number of H-pyrrole nitrogens is 1. The summed E-state index contributed by atoms with van der Waals surface area (Å²) in [7, 11) is 0. The van der Waals surface area contributed by atoms with Crippen molar-refractivity contribution in [1.82, 2.24) is 20.1 Å². The maximum Gasteiger partial charge on any atom is 0.268 e. The van der Waals surface area contributed by atoms with E-state index in [0.29, 0.717) is 12.2 Å². The minimum atomic E-state index is -0.0681. The first-order valence-corrected chi connectivity index (χ1v) is 5.23. The molecule has 0 unspecified atom stereocenters. The molecule has 2 heterocycles. The number of hydrogen-bond donors (Lipinski definition) is 2. The average Bonchev–Trinajstić information content (AvgIpc) is 2.96. The van der Waals surface area contributed by atoms with Crippen LogP contribution in [0.5, 0.6) is 0 Å². The zero-order valence-electron chi connectivity index (χ0n) is 9.10. The van der Waals surface area contributed by atoms with Crippen molar-refractivity contribution < 1.29 is 4.79 Å². The Labute approximate surface area is 93.5 Å². The van der Waals surface area contributed by atoms with Crippen molar-refractivity contribution in [3.8, 4) is 0 Å². The number of amides is 1. The number of hydrogen-bond acceptors (Lipinski definition) is 2. The molecule has 0 saturated carbocycles. The predicted molar refractivity (Wildman–Crippen MR) is 59.9 cm³/mol. The van der Waals surface area contributed by atoms with Gasteiger partial charge in [-0.1, -0.05) is 0 Å². The van der Waals surface area contributed by atoms with E-state index in [9.17, 15) is 4.79 Å². The molecule has 16 heavy (non-hydrogen) atoms. The molecule has 5 nitrogen and oxygen atoms in total. The van der Waals surface area contributed by atoms with E-state index >= 15 is 0 Å².